The third-order valence-electron chi connectivity index (χ3n) is 3.90. The smallest absolute Gasteiger partial charge is 0.207 e. The minimum absolute atomic E-state index is 0.295. The number of nitriles is 1. The Balaban J connectivity index is 1.98. The molecule has 0 atom stereocenters. The molecule has 0 aliphatic rings. The molecule has 0 fully saturated rings. The molecule has 0 spiro atoms. The third-order valence-corrected chi connectivity index (χ3v) is 3.90. The summed E-state index contributed by atoms with van der Waals surface area (Å²) in [5, 5.41) is 18.4. The number of anilines is 1. The Bertz CT molecular complexity index is 882. The monoisotopic (exact) mass is 333 g/mol. The maximum Gasteiger partial charge on any atom is 0.207 e. The van der Waals surface area contributed by atoms with E-state index in [-0.39, 0.29) is 0 Å². The van der Waals surface area contributed by atoms with E-state index in [0.717, 1.165) is 5.56 Å². The number of ether oxygens (including phenoxy) is 1. The molecule has 0 aliphatic carbocycles. The van der Waals surface area contributed by atoms with Gasteiger partial charge in [-0.25, -0.2) is 0 Å². The summed E-state index contributed by atoms with van der Waals surface area (Å²) in [6.07, 6.45) is 0. The quantitative estimate of drug-likeness (QED) is 0.693. The molecule has 2 aromatic carbocycles. The lowest BCUT2D eigenvalue weighted by Gasteiger charge is -2.20. The molecular weight excluding hydrogens is 314 g/mol. The Morgan fingerprint density at radius 3 is 2.48 bits per heavy atom. The van der Waals surface area contributed by atoms with Gasteiger partial charge in [-0.3, -0.25) is 0 Å². The minimum atomic E-state index is 0.295. The summed E-state index contributed by atoms with van der Waals surface area (Å²) < 4.78 is 5.37. The Morgan fingerprint density at radius 2 is 1.80 bits per heavy atom. The van der Waals surface area contributed by atoms with Crippen LogP contribution in [0.1, 0.15) is 18.2 Å². The molecule has 25 heavy (non-hydrogen) atoms. The van der Waals surface area contributed by atoms with Gasteiger partial charge >= 0.3 is 0 Å². The van der Waals surface area contributed by atoms with Crippen molar-refractivity contribution in [1.29, 1.82) is 5.26 Å². The van der Waals surface area contributed by atoms with Crippen molar-refractivity contribution < 1.29 is 4.74 Å². The standard InChI is InChI=1S/C19H19N5O/c1-3-23(14-15-9-5-4-6-10-15)19-16(13-20)21-24(22-19)17-11-7-8-12-18(17)25-2/h4-12H,3,14H2,1-2H3. The van der Waals surface area contributed by atoms with Gasteiger partial charge in [0.05, 0.1) is 7.11 Å². The zero-order chi connectivity index (χ0) is 17.6. The predicted octanol–water partition coefficient (Wildman–Crippen LogP) is 3.17. The topological polar surface area (TPSA) is 67.0 Å². The second-order valence-corrected chi connectivity index (χ2v) is 5.45. The van der Waals surface area contributed by atoms with Crippen molar-refractivity contribution in [1.82, 2.24) is 15.0 Å². The van der Waals surface area contributed by atoms with Gasteiger partial charge in [-0.15, -0.1) is 15.0 Å². The van der Waals surface area contributed by atoms with Gasteiger partial charge in [-0.2, -0.15) is 5.26 Å². The average Bonchev–Trinajstić information content (AvgIpc) is 3.11. The maximum absolute atomic E-state index is 9.49. The summed E-state index contributed by atoms with van der Waals surface area (Å²) >= 11 is 0. The summed E-state index contributed by atoms with van der Waals surface area (Å²) in [6.45, 7) is 3.41. The van der Waals surface area contributed by atoms with Crippen LogP contribution >= 0.6 is 0 Å². The first-order valence-electron chi connectivity index (χ1n) is 8.06. The fourth-order valence-electron chi connectivity index (χ4n) is 2.63. The molecule has 1 aromatic heterocycles. The number of rotatable bonds is 6. The van der Waals surface area contributed by atoms with Crippen LogP contribution < -0.4 is 9.64 Å². The van der Waals surface area contributed by atoms with Gasteiger partial charge in [0.2, 0.25) is 5.69 Å². The Kier molecular flexibility index (Phi) is 4.95. The van der Waals surface area contributed by atoms with Crippen molar-refractivity contribution >= 4 is 5.82 Å². The van der Waals surface area contributed by atoms with Crippen LogP contribution in [0.2, 0.25) is 0 Å². The highest BCUT2D eigenvalue weighted by molar-refractivity contribution is 5.52. The van der Waals surface area contributed by atoms with Crippen LogP contribution in [0.4, 0.5) is 5.82 Å². The van der Waals surface area contributed by atoms with Crippen LogP contribution in [-0.4, -0.2) is 28.6 Å². The van der Waals surface area contributed by atoms with Crippen molar-refractivity contribution in [3.8, 4) is 17.5 Å². The molecule has 0 unspecified atom stereocenters. The zero-order valence-electron chi connectivity index (χ0n) is 14.3. The van der Waals surface area contributed by atoms with Crippen molar-refractivity contribution in [3.05, 3.63) is 65.9 Å². The molecule has 3 rings (SSSR count). The van der Waals surface area contributed by atoms with Crippen molar-refractivity contribution in [2.24, 2.45) is 0 Å². The van der Waals surface area contributed by atoms with Gasteiger partial charge < -0.3 is 9.64 Å². The van der Waals surface area contributed by atoms with Crippen LogP contribution in [0, 0.1) is 11.3 Å². The molecule has 3 aromatic rings. The highest BCUT2D eigenvalue weighted by Gasteiger charge is 2.19. The fraction of sp³-hybridized carbons (Fsp3) is 0.211. The molecule has 0 amide bonds. The van der Waals surface area contributed by atoms with Gasteiger partial charge in [-0.1, -0.05) is 42.5 Å². The van der Waals surface area contributed by atoms with Crippen LogP contribution in [-0.2, 0) is 6.54 Å². The van der Waals surface area contributed by atoms with Crippen LogP contribution in [0.15, 0.2) is 54.6 Å². The van der Waals surface area contributed by atoms with Crippen LogP contribution in [0.3, 0.4) is 0 Å². The van der Waals surface area contributed by atoms with Crippen molar-refractivity contribution in [3.63, 3.8) is 0 Å². The molecule has 0 saturated heterocycles. The Labute approximate surface area is 146 Å². The van der Waals surface area contributed by atoms with Gasteiger partial charge in [0.25, 0.3) is 0 Å². The number of hydrogen-bond acceptors (Lipinski definition) is 5. The lowest BCUT2D eigenvalue weighted by molar-refractivity contribution is 0.410. The third kappa shape index (κ3) is 3.45. The number of benzene rings is 2. The molecule has 6 heteroatoms. The molecule has 0 aliphatic heterocycles. The van der Waals surface area contributed by atoms with Gasteiger partial charge in [0.15, 0.2) is 5.82 Å². The first kappa shape index (κ1) is 16.5. The first-order valence-corrected chi connectivity index (χ1v) is 8.06. The molecule has 0 bridgehead atoms. The average molecular weight is 333 g/mol. The van der Waals surface area contributed by atoms with Gasteiger partial charge in [-0.05, 0) is 24.6 Å². The second kappa shape index (κ2) is 7.49. The molecule has 0 N–H and O–H groups in total. The van der Waals surface area contributed by atoms with E-state index in [0.29, 0.717) is 36.0 Å². The largest absolute Gasteiger partial charge is 0.494 e. The predicted molar refractivity (Wildman–Crippen MR) is 95.8 cm³/mol. The van der Waals surface area contributed by atoms with E-state index in [2.05, 4.69) is 28.4 Å². The Morgan fingerprint density at radius 1 is 1.08 bits per heavy atom. The van der Waals surface area contributed by atoms with E-state index in [9.17, 15) is 5.26 Å². The highest BCUT2D eigenvalue weighted by Crippen LogP contribution is 2.24. The zero-order valence-corrected chi connectivity index (χ0v) is 14.3. The number of hydrogen-bond donors (Lipinski definition) is 0. The normalized spacial score (nSPS) is 10.3. The summed E-state index contributed by atoms with van der Waals surface area (Å²) in [4.78, 5) is 3.49. The molecule has 6 nitrogen and oxygen atoms in total. The lowest BCUT2D eigenvalue weighted by atomic mass is 10.2. The van der Waals surface area contributed by atoms with Crippen LogP contribution in [0.5, 0.6) is 5.75 Å². The number of para-hydroxylation sites is 2. The minimum Gasteiger partial charge on any atom is -0.494 e. The molecule has 0 radical (unpaired) electrons. The fourth-order valence-corrected chi connectivity index (χ4v) is 2.63. The van der Waals surface area contributed by atoms with E-state index in [1.165, 1.54) is 4.80 Å². The van der Waals surface area contributed by atoms with E-state index in [4.69, 9.17) is 4.74 Å². The van der Waals surface area contributed by atoms with E-state index < -0.39 is 0 Å². The highest BCUT2D eigenvalue weighted by atomic mass is 16.5. The summed E-state index contributed by atoms with van der Waals surface area (Å²) in [7, 11) is 1.60. The number of nitrogens with zero attached hydrogens (tertiary/aromatic N) is 5. The first-order chi connectivity index (χ1) is 12.3. The summed E-state index contributed by atoms with van der Waals surface area (Å²) in [5.74, 6) is 1.22. The molecule has 126 valence electrons. The van der Waals surface area contributed by atoms with Crippen LogP contribution in [0.25, 0.3) is 5.69 Å². The lowest BCUT2D eigenvalue weighted by Crippen LogP contribution is -2.23. The van der Waals surface area contributed by atoms with Crippen molar-refractivity contribution in [2.75, 3.05) is 18.6 Å². The SMILES string of the molecule is CCN(Cc1ccccc1)c1nn(-c2ccccc2OC)nc1C#N. The molecule has 0 saturated carbocycles. The van der Waals surface area contributed by atoms with E-state index in [1.807, 2.05) is 54.3 Å². The molecule has 1 heterocycles. The van der Waals surface area contributed by atoms with Crippen molar-refractivity contribution in [2.45, 2.75) is 13.5 Å². The second-order valence-electron chi connectivity index (χ2n) is 5.45. The summed E-state index contributed by atoms with van der Waals surface area (Å²) in [6, 6.07) is 19.7. The number of methoxy groups -OCH3 is 1. The van der Waals surface area contributed by atoms with Gasteiger partial charge in [0, 0.05) is 13.1 Å². The summed E-state index contributed by atoms with van der Waals surface area (Å²) in [5.41, 5.74) is 2.15. The van der Waals surface area contributed by atoms with E-state index in [1.54, 1.807) is 7.11 Å². The van der Waals surface area contributed by atoms with E-state index >= 15 is 0 Å². The Hall–Kier alpha value is -3.33. The molecular formula is C19H19N5O. The number of aromatic nitrogens is 3. The maximum atomic E-state index is 9.49. The van der Waals surface area contributed by atoms with Gasteiger partial charge in [0.1, 0.15) is 17.5 Å².